The van der Waals surface area contributed by atoms with Crippen molar-refractivity contribution < 1.29 is 152 Å². The number of benzene rings is 4. The Morgan fingerprint density at radius 1 is 0.656 bits per heavy atom. The van der Waals surface area contributed by atoms with Crippen molar-refractivity contribution in [3.63, 3.8) is 0 Å². The van der Waals surface area contributed by atoms with Gasteiger partial charge >= 0.3 is 108 Å². The van der Waals surface area contributed by atoms with Crippen molar-refractivity contribution in [1.29, 1.82) is 0 Å². The number of carbonyl (C=O) groups is 3. The average molecular weight is 1420 g/mol. The Balaban J connectivity index is 0.000000322. The van der Waals surface area contributed by atoms with Crippen molar-refractivity contribution in [2.45, 2.75) is 58.8 Å². The van der Waals surface area contributed by atoms with Gasteiger partial charge in [0.1, 0.15) is 41.6 Å². The second kappa shape index (κ2) is 34.2. The van der Waals surface area contributed by atoms with Crippen molar-refractivity contribution in [2.24, 2.45) is 10.8 Å². The number of anilines is 9. The molecule has 5 N–H and O–H groups in total. The number of carbonyl (C=O) groups excluding carboxylic acids is 3. The Kier molecular flexibility index (Phi) is 28.9. The van der Waals surface area contributed by atoms with E-state index < -0.39 is 35.6 Å². The maximum Gasteiger partial charge on any atom is 1.00 e. The summed E-state index contributed by atoms with van der Waals surface area (Å²) in [6.07, 6.45) is 13.3. The summed E-state index contributed by atoms with van der Waals surface area (Å²) in [6.45, 7) is 10.1. The summed E-state index contributed by atoms with van der Waals surface area (Å²) in [5.41, 5.74) is 3.62. The molecule has 0 unspecified atom stereocenters. The first kappa shape index (κ1) is 78.6. The van der Waals surface area contributed by atoms with Gasteiger partial charge in [0.05, 0.1) is 44.6 Å². The number of pyridine rings is 2. The molecule has 0 bridgehead atoms. The molecule has 33 heteroatoms. The fraction of sp³-hybridized carbons (Fsp3) is 0.317. The van der Waals surface area contributed by atoms with E-state index in [0.29, 0.717) is 81.8 Å². The number of aromatic nitrogens is 6. The molecule has 4 aromatic heterocycles. The van der Waals surface area contributed by atoms with Crippen LogP contribution in [0.25, 0.3) is 21.8 Å². The average Bonchev–Trinajstić information content (AvgIpc) is 0.791. The van der Waals surface area contributed by atoms with Crippen molar-refractivity contribution >= 4 is 164 Å². The third-order valence-electron chi connectivity index (χ3n) is 15.6. The van der Waals surface area contributed by atoms with Gasteiger partial charge in [0.15, 0.2) is 11.6 Å². The van der Waals surface area contributed by atoms with Crippen LogP contribution in [0.2, 0.25) is 10.0 Å². The number of nitro benzene ring substituents is 2. The summed E-state index contributed by atoms with van der Waals surface area (Å²) in [5.74, 6) is 0.590. The fourth-order valence-electron chi connectivity index (χ4n) is 11.4. The van der Waals surface area contributed by atoms with Gasteiger partial charge < -0.3 is 52.2 Å². The molecule has 0 radical (unpaired) electrons. The van der Waals surface area contributed by atoms with Crippen LogP contribution in [0.1, 0.15) is 60.2 Å². The summed E-state index contributed by atoms with van der Waals surface area (Å²) in [5, 5.41) is 50.1. The smallest absolute Gasteiger partial charge is 1.00 e. The molecule has 2 saturated heterocycles. The van der Waals surface area contributed by atoms with Crippen LogP contribution in [0.5, 0.6) is 0 Å². The molecule has 25 nitrogen and oxygen atoms in total. The van der Waals surface area contributed by atoms with Crippen LogP contribution in [0.15, 0.2) is 110 Å². The topological polar surface area (TPSA) is 345 Å². The summed E-state index contributed by atoms with van der Waals surface area (Å²) in [7, 11) is -5.49. The van der Waals surface area contributed by atoms with Gasteiger partial charge in [0.2, 0.25) is 17.7 Å². The van der Waals surface area contributed by atoms with Crippen molar-refractivity contribution in [3.8, 4) is 0 Å². The largest absolute Gasteiger partial charge is 1.00 e. The molecule has 2 spiro atoms. The van der Waals surface area contributed by atoms with Gasteiger partial charge in [-0.1, -0.05) is 42.8 Å². The SMILES string of the molecule is C.CP(C)(=O)c1c(Nc2nc(Nc3ccc(F)c([N+](=O)[O-])c3)ncc2Cl)ccc2ncccc12.CP(C)(=O)c1c(Nc2nc(Nc3ccc(N4CCC5(CC4)CC(=O)C5)c([N+](=O)[O-])c3)ncc2Cl)ccc2ncccc12.Cl.O=C1CC2(CCNCC2)C1.O=CO[O-].[H-].[K+].[K+]. The number of rotatable bonds is 14. The number of hydrogen-bond acceptors (Lipinski definition) is 23. The summed E-state index contributed by atoms with van der Waals surface area (Å²) in [4.78, 5) is 83.2. The van der Waals surface area contributed by atoms with Crippen LogP contribution < -0.4 is 150 Å². The fourth-order valence-corrected chi connectivity index (χ4v) is 14.6. The number of nitrogens with one attached hydrogen (secondary N) is 5. The molecule has 2 saturated carbocycles. The number of hydrogen-bond donors (Lipinski definition) is 5. The second-order valence-electron chi connectivity index (χ2n) is 22.6. The summed E-state index contributed by atoms with van der Waals surface area (Å²) < 4.78 is 40.0. The number of halogens is 4. The minimum Gasteiger partial charge on any atom is -1.00 e. The van der Waals surface area contributed by atoms with Crippen LogP contribution >= 0.6 is 49.9 Å². The number of nitrogens with zero attached hydrogens (tertiary/aromatic N) is 9. The quantitative estimate of drug-likeness (QED) is 0.0206. The molecule has 4 fully saturated rings. The van der Waals surface area contributed by atoms with Crippen molar-refractivity contribution in [2.75, 3.05) is 79.0 Å². The standard InChI is InChI=1S/C29H29ClN7O4P.C21H17ClFN6O3P.C8H13NO.CH2O3.CH4.ClH.2K.H/c1-42(2,41)26-20-4-3-11-31-22(20)6-7-23(26)34-27-21(30)17-32-28(35-27)33-18-5-8-24(25(14-18)37(39)40)36-12-9-29(10-13-36)15-19(38)16-29;1-33(2,32)19-13-4-3-9-24-16(13)7-8-17(19)27-20-14(22)11-25-21(28-20)26-12-5-6-15(23)18(10-12)29(30)31;10-7-5-8(6-7)1-3-9-4-2-8;2-1-4-3;;;;;/h3-8,11,14,17H,9-10,12-13,15-16H2,1-2H3,(H2,32,33,34,35);3-11H,1-2H3,(H2,25,26,27,28);9H,1-6H2;1,3H;1H4;1H;;;/q;;;;;;2*+1;-1/p-1. The molecule has 2 aliphatic carbocycles. The van der Waals surface area contributed by atoms with Crippen LogP contribution in [0.3, 0.4) is 0 Å². The van der Waals surface area contributed by atoms with Crippen LogP contribution in [-0.4, -0.2) is 111 Å². The number of ketones is 2. The molecule has 4 aromatic carbocycles. The van der Waals surface area contributed by atoms with Crippen LogP contribution in [-0.2, 0) is 28.4 Å². The molecule has 482 valence electrons. The Labute approximate surface area is 637 Å². The molecule has 93 heavy (non-hydrogen) atoms. The third kappa shape index (κ3) is 19.8. The normalized spacial score (nSPS) is 14.9. The first-order chi connectivity index (χ1) is 42.4. The van der Waals surface area contributed by atoms with Gasteiger partial charge in [-0.15, -0.1) is 12.4 Å². The molecule has 4 aliphatic rings. The van der Waals surface area contributed by atoms with E-state index in [1.807, 2.05) is 23.1 Å². The van der Waals surface area contributed by atoms with E-state index in [2.05, 4.69) is 61.4 Å². The van der Waals surface area contributed by atoms with Crippen molar-refractivity contribution in [3.05, 3.63) is 146 Å². The van der Waals surface area contributed by atoms with Gasteiger partial charge in [-0.05, 0) is 137 Å². The minimum atomic E-state index is -2.75. The third-order valence-corrected chi connectivity index (χ3v) is 19.2. The summed E-state index contributed by atoms with van der Waals surface area (Å²) in [6, 6.07) is 22.8. The van der Waals surface area contributed by atoms with E-state index in [9.17, 15) is 43.3 Å². The second-order valence-corrected chi connectivity index (χ2v) is 29.8. The molecule has 0 amide bonds. The Bertz CT molecular complexity index is 4160. The summed E-state index contributed by atoms with van der Waals surface area (Å²) >= 11 is 12.7. The van der Waals surface area contributed by atoms with E-state index in [1.165, 1.54) is 37.4 Å². The maximum absolute atomic E-state index is 13.6. The van der Waals surface area contributed by atoms with Gasteiger partial charge in [0.25, 0.3) is 12.2 Å². The minimum absolute atomic E-state index is 0. The van der Waals surface area contributed by atoms with Crippen LogP contribution in [0.4, 0.5) is 67.7 Å². The van der Waals surface area contributed by atoms with E-state index in [1.54, 1.807) is 81.5 Å². The van der Waals surface area contributed by atoms with Gasteiger partial charge in [0, 0.05) is 96.1 Å². The van der Waals surface area contributed by atoms with Gasteiger partial charge in [-0.2, -0.15) is 14.4 Å². The molecule has 0 atom stereocenters. The number of nitro groups is 2. The molecule has 12 rings (SSSR count). The number of fused-ring (bicyclic) bond motifs is 2. The first-order valence-electron chi connectivity index (χ1n) is 27.8. The van der Waals surface area contributed by atoms with E-state index in [0.717, 1.165) is 67.2 Å². The van der Waals surface area contributed by atoms with Gasteiger partial charge in [-0.25, -0.2) is 9.97 Å². The predicted octanol–water partition coefficient (Wildman–Crippen LogP) is 6.06. The number of piperidine rings is 2. The first-order valence-corrected chi connectivity index (χ1v) is 33.8. The van der Waals surface area contributed by atoms with E-state index in [-0.39, 0.29) is 181 Å². The Morgan fingerprint density at radius 3 is 1.48 bits per heavy atom. The Morgan fingerprint density at radius 2 is 1.08 bits per heavy atom. The zero-order valence-electron chi connectivity index (χ0n) is 51.9. The molecular formula is C60H66Cl3FK2N14O11P2. The van der Waals surface area contributed by atoms with Crippen LogP contribution in [0, 0.1) is 36.9 Å². The molecule has 8 aromatic rings. The molecular weight excluding hydrogens is 1360 g/mol. The number of Topliss-reactive ketones (excluding diaryl/α,β-unsaturated/α-hetero) is 2. The van der Waals surface area contributed by atoms with E-state index >= 15 is 0 Å². The zero-order chi connectivity index (χ0) is 63.8. The van der Waals surface area contributed by atoms with E-state index in [4.69, 9.17) is 33.3 Å². The predicted molar refractivity (Wildman–Crippen MR) is 354 cm³/mol. The van der Waals surface area contributed by atoms with Gasteiger partial charge in [-0.3, -0.25) is 44.6 Å². The molecule has 2 aliphatic heterocycles. The molecule has 6 heterocycles. The Hall–Kier alpha value is -5.08. The monoisotopic (exact) mass is 1420 g/mol. The van der Waals surface area contributed by atoms with Crippen molar-refractivity contribution in [1.82, 2.24) is 35.2 Å². The zero-order valence-corrected chi connectivity index (χ0v) is 61.3. The maximum atomic E-state index is 13.6.